The number of likely N-dealkylation sites (tertiary alicyclic amines) is 2. The molecule has 2 aliphatic rings. The van der Waals surface area contributed by atoms with Crippen LogP contribution < -0.4 is 5.73 Å². The van der Waals surface area contributed by atoms with Gasteiger partial charge in [-0.1, -0.05) is 13.8 Å². The van der Waals surface area contributed by atoms with Crippen LogP contribution in [0, 0.1) is 11.8 Å². The van der Waals surface area contributed by atoms with Gasteiger partial charge in [0.25, 0.3) is 0 Å². The second-order valence-electron chi connectivity index (χ2n) is 6.77. The van der Waals surface area contributed by atoms with Crippen LogP contribution in [0.5, 0.6) is 0 Å². The van der Waals surface area contributed by atoms with Crippen molar-refractivity contribution in [3.05, 3.63) is 0 Å². The van der Waals surface area contributed by atoms with Gasteiger partial charge in [0.1, 0.15) is 0 Å². The van der Waals surface area contributed by atoms with E-state index < -0.39 is 0 Å². The summed E-state index contributed by atoms with van der Waals surface area (Å²) in [4.78, 5) is 5.20. The molecule has 0 saturated carbocycles. The van der Waals surface area contributed by atoms with E-state index in [4.69, 9.17) is 5.73 Å². The number of hydrogen-bond donors (Lipinski definition) is 1. The van der Waals surface area contributed by atoms with Crippen LogP contribution in [0.2, 0.25) is 0 Å². The number of nitrogens with two attached hydrogens (primary N) is 1. The molecule has 2 aliphatic heterocycles. The van der Waals surface area contributed by atoms with E-state index in [1.807, 2.05) is 0 Å². The topological polar surface area (TPSA) is 32.5 Å². The van der Waals surface area contributed by atoms with E-state index in [9.17, 15) is 0 Å². The molecule has 3 heteroatoms. The Balaban J connectivity index is 2.06. The molecule has 2 heterocycles. The molecule has 2 N–H and O–H groups in total. The lowest BCUT2D eigenvalue weighted by Gasteiger charge is -2.48. The third kappa shape index (κ3) is 2.89. The number of nitrogens with zero attached hydrogens (tertiary/aromatic N) is 2. The highest BCUT2D eigenvalue weighted by atomic mass is 15.2. The molecule has 0 amide bonds. The second-order valence-corrected chi connectivity index (χ2v) is 6.77. The van der Waals surface area contributed by atoms with Gasteiger partial charge in [0, 0.05) is 18.6 Å². The van der Waals surface area contributed by atoms with Gasteiger partial charge in [0.2, 0.25) is 0 Å². The molecular weight excluding hydrogens is 222 g/mol. The molecule has 2 rings (SSSR count). The molecular formula is C15H31N3. The zero-order valence-electron chi connectivity index (χ0n) is 12.5. The van der Waals surface area contributed by atoms with Crippen LogP contribution in [0.1, 0.15) is 39.5 Å². The Morgan fingerprint density at radius 1 is 1.11 bits per heavy atom. The lowest BCUT2D eigenvalue weighted by molar-refractivity contribution is 0.0213. The fraction of sp³-hybridized carbons (Fsp3) is 1.00. The van der Waals surface area contributed by atoms with E-state index in [2.05, 4.69) is 30.7 Å². The van der Waals surface area contributed by atoms with E-state index in [0.29, 0.717) is 5.54 Å². The van der Waals surface area contributed by atoms with Crippen molar-refractivity contribution in [2.45, 2.75) is 45.1 Å². The minimum absolute atomic E-state index is 0.291. The number of hydrogen-bond acceptors (Lipinski definition) is 3. The molecule has 3 unspecified atom stereocenters. The first kappa shape index (κ1) is 14.3. The van der Waals surface area contributed by atoms with Crippen molar-refractivity contribution in [2.75, 3.05) is 39.8 Å². The average molecular weight is 253 g/mol. The summed E-state index contributed by atoms with van der Waals surface area (Å²) in [5.74, 6) is 1.70. The number of piperidine rings is 1. The first-order chi connectivity index (χ1) is 8.57. The summed E-state index contributed by atoms with van der Waals surface area (Å²) in [6.07, 6.45) is 5.18. The van der Waals surface area contributed by atoms with Gasteiger partial charge in [-0.3, -0.25) is 4.90 Å². The van der Waals surface area contributed by atoms with Gasteiger partial charge in [-0.2, -0.15) is 0 Å². The van der Waals surface area contributed by atoms with Crippen LogP contribution in [0.4, 0.5) is 0 Å². The van der Waals surface area contributed by atoms with Gasteiger partial charge >= 0.3 is 0 Å². The van der Waals surface area contributed by atoms with Crippen molar-refractivity contribution in [3.63, 3.8) is 0 Å². The minimum Gasteiger partial charge on any atom is -0.329 e. The Bertz CT molecular complexity index is 268. The maximum absolute atomic E-state index is 6.20. The molecule has 0 aromatic carbocycles. The summed E-state index contributed by atoms with van der Waals surface area (Å²) in [6.45, 7) is 10.6. The van der Waals surface area contributed by atoms with E-state index in [1.165, 1.54) is 51.9 Å². The molecule has 2 fully saturated rings. The maximum Gasteiger partial charge on any atom is 0.0344 e. The normalized spacial score (nSPS) is 40.7. The first-order valence-electron chi connectivity index (χ1n) is 7.71. The van der Waals surface area contributed by atoms with E-state index >= 15 is 0 Å². The molecule has 3 nitrogen and oxygen atoms in total. The summed E-state index contributed by atoms with van der Waals surface area (Å²) in [5.41, 5.74) is 6.49. The fourth-order valence-electron chi connectivity index (χ4n) is 3.66. The third-order valence-corrected chi connectivity index (χ3v) is 5.53. The van der Waals surface area contributed by atoms with Crippen LogP contribution in [0.3, 0.4) is 0 Å². The molecule has 0 bridgehead atoms. The molecule has 3 atom stereocenters. The van der Waals surface area contributed by atoms with E-state index in [1.54, 1.807) is 0 Å². The Hall–Kier alpha value is -0.120. The first-order valence-corrected chi connectivity index (χ1v) is 7.71. The summed E-state index contributed by atoms with van der Waals surface area (Å²) >= 11 is 0. The summed E-state index contributed by atoms with van der Waals surface area (Å²) in [6, 6.07) is 0. The summed E-state index contributed by atoms with van der Waals surface area (Å²) < 4.78 is 0. The van der Waals surface area contributed by atoms with Crippen molar-refractivity contribution < 1.29 is 0 Å². The van der Waals surface area contributed by atoms with Crippen molar-refractivity contribution in [3.8, 4) is 0 Å². The van der Waals surface area contributed by atoms with Crippen LogP contribution in [0.25, 0.3) is 0 Å². The quantitative estimate of drug-likeness (QED) is 0.814. The largest absolute Gasteiger partial charge is 0.329 e. The van der Waals surface area contributed by atoms with Crippen molar-refractivity contribution in [1.29, 1.82) is 0 Å². The SMILES string of the molecule is CC1CCN(C2(CN)CCCN(C)CC2)CC1C. The molecule has 0 aromatic heterocycles. The van der Waals surface area contributed by atoms with Gasteiger partial charge in [-0.05, 0) is 64.2 Å². The number of rotatable bonds is 2. The minimum atomic E-state index is 0.291. The zero-order valence-corrected chi connectivity index (χ0v) is 12.5. The van der Waals surface area contributed by atoms with Crippen molar-refractivity contribution in [1.82, 2.24) is 9.80 Å². The van der Waals surface area contributed by atoms with Crippen LogP contribution in [-0.2, 0) is 0 Å². The lowest BCUT2D eigenvalue weighted by Crippen LogP contribution is -2.58. The lowest BCUT2D eigenvalue weighted by atomic mass is 9.82. The molecule has 0 spiro atoms. The smallest absolute Gasteiger partial charge is 0.0344 e. The van der Waals surface area contributed by atoms with Crippen LogP contribution in [-0.4, -0.2) is 55.1 Å². The second kappa shape index (κ2) is 5.89. The summed E-state index contributed by atoms with van der Waals surface area (Å²) in [7, 11) is 2.24. The molecule has 2 saturated heterocycles. The van der Waals surface area contributed by atoms with E-state index in [0.717, 1.165) is 18.4 Å². The van der Waals surface area contributed by atoms with Crippen molar-refractivity contribution in [2.24, 2.45) is 17.6 Å². The molecule has 106 valence electrons. The Morgan fingerprint density at radius 3 is 2.56 bits per heavy atom. The van der Waals surface area contributed by atoms with Crippen LogP contribution >= 0.6 is 0 Å². The highest BCUT2D eigenvalue weighted by molar-refractivity contribution is 4.96. The standard InChI is InChI=1S/C15H31N3/c1-13-5-9-18(11-14(13)2)15(12-16)6-4-8-17(3)10-7-15/h13-14H,4-12,16H2,1-3H3. The third-order valence-electron chi connectivity index (χ3n) is 5.53. The Labute approximate surface area is 113 Å². The highest BCUT2D eigenvalue weighted by Crippen LogP contribution is 2.33. The van der Waals surface area contributed by atoms with Gasteiger partial charge < -0.3 is 10.6 Å². The van der Waals surface area contributed by atoms with Gasteiger partial charge in [-0.25, -0.2) is 0 Å². The molecule has 0 radical (unpaired) electrons. The molecule has 0 aromatic rings. The monoisotopic (exact) mass is 253 g/mol. The highest BCUT2D eigenvalue weighted by Gasteiger charge is 2.39. The maximum atomic E-state index is 6.20. The van der Waals surface area contributed by atoms with E-state index in [-0.39, 0.29) is 0 Å². The fourth-order valence-corrected chi connectivity index (χ4v) is 3.66. The molecule has 18 heavy (non-hydrogen) atoms. The van der Waals surface area contributed by atoms with Crippen LogP contribution in [0.15, 0.2) is 0 Å². The Morgan fingerprint density at radius 2 is 1.89 bits per heavy atom. The zero-order chi connectivity index (χ0) is 13.2. The van der Waals surface area contributed by atoms with Gasteiger partial charge in [0.15, 0.2) is 0 Å². The predicted octanol–water partition coefficient (Wildman–Crippen LogP) is 1.78. The predicted molar refractivity (Wildman–Crippen MR) is 77.7 cm³/mol. The average Bonchev–Trinajstić information content (AvgIpc) is 2.56. The van der Waals surface area contributed by atoms with Gasteiger partial charge in [-0.15, -0.1) is 0 Å². The summed E-state index contributed by atoms with van der Waals surface area (Å²) in [5, 5.41) is 0. The van der Waals surface area contributed by atoms with Gasteiger partial charge in [0.05, 0.1) is 0 Å². The molecule has 0 aliphatic carbocycles. The Kier molecular flexibility index (Phi) is 4.68. The van der Waals surface area contributed by atoms with Crippen molar-refractivity contribution >= 4 is 0 Å².